The molecular formula is C61H45N. The molecule has 0 fully saturated rings. The highest BCUT2D eigenvalue weighted by Crippen LogP contribution is 2.51. The molecule has 1 aliphatic carbocycles. The molecule has 10 aromatic carbocycles. The van der Waals surface area contributed by atoms with Gasteiger partial charge in [0.25, 0.3) is 0 Å². The molecule has 0 unspecified atom stereocenters. The average Bonchev–Trinajstić information content (AvgIpc) is 3.57. The number of hydrogen-bond donors (Lipinski definition) is 0. The van der Waals surface area contributed by atoms with Crippen LogP contribution in [0.3, 0.4) is 0 Å². The molecule has 0 bridgehead atoms. The molecule has 0 radical (unpaired) electrons. The van der Waals surface area contributed by atoms with Crippen molar-refractivity contribution >= 4 is 27.8 Å². The minimum absolute atomic E-state index is 0.0655. The Bertz CT molecular complexity index is 3240. The van der Waals surface area contributed by atoms with Crippen LogP contribution >= 0.6 is 0 Å². The summed E-state index contributed by atoms with van der Waals surface area (Å²) in [6, 6.07) is 86.7. The van der Waals surface area contributed by atoms with Crippen LogP contribution in [-0.2, 0) is 5.41 Å². The standard InChI is InChI=1S/C61H45N/c1-61(2)57-32-14-13-28-54(57)55-39-36-46(41-58(55)61)42-34-37-48(38-35-42)62(49-25-15-24-47(40-49)52-30-16-23-44-22-9-10-26-50(44)52)59-33-17-31-53(45-20-7-4-8-21-45)60(59)56-29-12-11-27-51(56)43-18-5-3-6-19-43/h3-41H,1-2H3. The van der Waals surface area contributed by atoms with E-state index in [1.165, 1.54) is 88.7 Å². The van der Waals surface area contributed by atoms with Crippen molar-refractivity contribution in [2.75, 3.05) is 4.90 Å². The van der Waals surface area contributed by atoms with Crippen LogP contribution in [0.5, 0.6) is 0 Å². The normalized spacial score (nSPS) is 12.5. The number of rotatable bonds is 8. The highest BCUT2D eigenvalue weighted by atomic mass is 15.1. The molecule has 0 saturated heterocycles. The second kappa shape index (κ2) is 15.4. The second-order valence-electron chi connectivity index (χ2n) is 16.9. The van der Waals surface area contributed by atoms with Crippen molar-refractivity contribution in [1.29, 1.82) is 0 Å². The van der Waals surface area contributed by atoms with Gasteiger partial charge in [0.15, 0.2) is 0 Å². The third-order valence-electron chi connectivity index (χ3n) is 12.9. The quantitative estimate of drug-likeness (QED) is 0.148. The maximum atomic E-state index is 2.46. The maximum Gasteiger partial charge on any atom is 0.0546 e. The van der Waals surface area contributed by atoms with Crippen LogP contribution in [0.1, 0.15) is 25.0 Å². The smallest absolute Gasteiger partial charge is 0.0546 e. The van der Waals surface area contributed by atoms with Crippen molar-refractivity contribution in [2.45, 2.75) is 19.3 Å². The summed E-state index contributed by atoms with van der Waals surface area (Å²) in [6.07, 6.45) is 0. The predicted octanol–water partition coefficient (Wildman–Crippen LogP) is 17.0. The van der Waals surface area contributed by atoms with Gasteiger partial charge < -0.3 is 4.90 Å². The minimum atomic E-state index is -0.0655. The second-order valence-corrected chi connectivity index (χ2v) is 16.9. The third-order valence-corrected chi connectivity index (χ3v) is 12.9. The fourth-order valence-corrected chi connectivity index (χ4v) is 9.84. The summed E-state index contributed by atoms with van der Waals surface area (Å²) in [5.41, 5.74) is 20.6. The molecule has 62 heavy (non-hydrogen) atoms. The SMILES string of the molecule is CC1(C)c2ccccc2-c2ccc(-c3ccc(N(c4cccc(-c5cccc6ccccc56)c4)c4cccc(-c5ccccc5)c4-c4ccccc4-c4ccccc4)cc3)cc21. The van der Waals surface area contributed by atoms with E-state index in [1.54, 1.807) is 0 Å². The number of anilines is 3. The Morgan fingerprint density at radius 1 is 0.306 bits per heavy atom. The lowest BCUT2D eigenvalue weighted by molar-refractivity contribution is 0.660. The van der Waals surface area contributed by atoms with E-state index in [2.05, 4.69) is 255 Å². The van der Waals surface area contributed by atoms with Gasteiger partial charge in [-0.15, -0.1) is 0 Å². The lowest BCUT2D eigenvalue weighted by atomic mass is 9.81. The topological polar surface area (TPSA) is 3.24 Å². The van der Waals surface area contributed by atoms with E-state index in [-0.39, 0.29) is 5.41 Å². The van der Waals surface area contributed by atoms with Gasteiger partial charge in [0.1, 0.15) is 0 Å². The number of fused-ring (bicyclic) bond motifs is 4. The summed E-state index contributed by atoms with van der Waals surface area (Å²) in [5.74, 6) is 0. The van der Waals surface area contributed by atoms with Gasteiger partial charge >= 0.3 is 0 Å². The lowest BCUT2D eigenvalue weighted by Crippen LogP contribution is -2.14. The first-order valence-corrected chi connectivity index (χ1v) is 21.6. The van der Waals surface area contributed by atoms with E-state index >= 15 is 0 Å². The fraction of sp³-hybridized carbons (Fsp3) is 0.0492. The molecule has 0 heterocycles. The summed E-state index contributed by atoms with van der Waals surface area (Å²) < 4.78 is 0. The van der Waals surface area contributed by atoms with Gasteiger partial charge in [0.05, 0.1) is 5.69 Å². The van der Waals surface area contributed by atoms with Crippen LogP contribution in [0.4, 0.5) is 17.1 Å². The lowest BCUT2D eigenvalue weighted by Gasteiger charge is -2.30. The summed E-state index contributed by atoms with van der Waals surface area (Å²) >= 11 is 0. The van der Waals surface area contributed by atoms with Crippen LogP contribution < -0.4 is 4.90 Å². The van der Waals surface area contributed by atoms with E-state index in [0.717, 1.165) is 17.1 Å². The summed E-state index contributed by atoms with van der Waals surface area (Å²) in [4.78, 5) is 2.46. The van der Waals surface area contributed by atoms with Crippen LogP contribution in [0.2, 0.25) is 0 Å². The molecule has 0 spiro atoms. The minimum Gasteiger partial charge on any atom is -0.310 e. The Morgan fingerprint density at radius 3 is 1.65 bits per heavy atom. The predicted molar refractivity (Wildman–Crippen MR) is 263 cm³/mol. The van der Waals surface area contributed by atoms with Crippen molar-refractivity contribution in [3.63, 3.8) is 0 Å². The maximum absolute atomic E-state index is 2.46. The zero-order valence-corrected chi connectivity index (χ0v) is 35.0. The molecule has 0 aliphatic heterocycles. The molecule has 0 N–H and O–H groups in total. The highest BCUT2D eigenvalue weighted by molar-refractivity contribution is 6.02. The van der Waals surface area contributed by atoms with Crippen molar-refractivity contribution in [1.82, 2.24) is 0 Å². The Labute approximate surface area is 364 Å². The van der Waals surface area contributed by atoms with E-state index in [9.17, 15) is 0 Å². The molecule has 0 atom stereocenters. The first kappa shape index (κ1) is 37.3. The van der Waals surface area contributed by atoms with E-state index in [1.807, 2.05) is 0 Å². The highest BCUT2D eigenvalue weighted by Gasteiger charge is 2.35. The van der Waals surface area contributed by atoms with Gasteiger partial charge in [-0.2, -0.15) is 0 Å². The van der Waals surface area contributed by atoms with Crippen molar-refractivity contribution in [2.24, 2.45) is 0 Å². The molecule has 1 heteroatoms. The van der Waals surface area contributed by atoms with Crippen LogP contribution in [0.25, 0.3) is 77.5 Å². The van der Waals surface area contributed by atoms with E-state index < -0.39 is 0 Å². The van der Waals surface area contributed by atoms with Crippen molar-refractivity contribution in [3.05, 3.63) is 248 Å². The Balaban J connectivity index is 1.12. The van der Waals surface area contributed by atoms with Crippen LogP contribution in [-0.4, -0.2) is 0 Å². The summed E-state index contributed by atoms with van der Waals surface area (Å²) in [5, 5.41) is 2.48. The summed E-state index contributed by atoms with van der Waals surface area (Å²) in [6.45, 7) is 4.71. The largest absolute Gasteiger partial charge is 0.310 e. The van der Waals surface area contributed by atoms with Crippen LogP contribution in [0.15, 0.2) is 237 Å². The van der Waals surface area contributed by atoms with Gasteiger partial charge in [0, 0.05) is 22.4 Å². The zero-order chi connectivity index (χ0) is 41.6. The Morgan fingerprint density at radius 2 is 0.855 bits per heavy atom. The molecule has 1 nitrogen and oxygen atoms in total. The van der Waals surface area contributed by atoms with Crippen molar-refractivity contribution < 1.29 is 0 Å². The molecule has 294 valence electrons. The fourth-order valence-electron chi connectivity index (χ4n) is 9.84. The zero-order valence-electron chi connectivity index (χ0n) is 35.0. The monoisotopic (exact) mass is 791 g/mol. The van der Waals surface area contributed by atoms with Gasteiger partial charge in [0.2, 0.25) is 0 Å². The van der Waals surface area contributed by atoms with Gasteiger partial charge in [-0.1, -0.05) is 214 Å². The van der Waals surface area contributed by atoms with Crippen LogP contribution in [0, 0.1) is 0 Å². The van der Waals surface area contributed by atoms with Gasteiger partial charge in [-0.25, -0.2) is 0 Å². The molecule has 0 aromatic heterocycles. The van der Waals surface area contributed by atoms with E-state index in [0.29, 0.717) is 0 Å². The molecular weight excluding hydrogens is 747 g/mol. The third kappa shape index (κ3) is 6.42. The Kier molecular flexibility index (Phi) is 9.24. The molecule has 10 aromatic rings. The number of hydrogen-bond acceptors (Lipinski definition) is 1. The first-order valence-electron chi connectivity index (χ1n) is 21.6. The molecule has 0 saturated carbocycles. The Hall–Kier alpha value is -7.74. The first-order chi connectivity index (χ1) is 30.5. The average molecular weight is 792 g/mol. The van der Waals surface area contributed by atoms with Gasteiger partial charge in [-0.05, 0) is 119 Å². The summed E-state index contributed by atoms with van der Waals surface area (Å²) in [7, 11) is 0. The molecule has 11 rings (SSSR count). The number of benzene rings is 10. The van der Waals surface area contributed by atoms with E-state index in [4.69, 9.17) is 0 Å². The molecule has 1 aliphatic rings. The molecule has 0 amide bonds. The number of nitrogens with zero attached hydrogens (tertiary/aromatic N) is 1. The van der Waals surface area contributed by atoms with Gasteiger partial charge in [-0.3, -0.25) is 0 Å². The van der Waals surface area contributed by atoms with Crippen molar-refractivity contribution in [3.8, 4) is 66.8 Å².